The van der Waals surface area contributed by atoms with Crippen LogP contribution in [0.1, 0.15) is 22.5 Å². The zero-order chi connectivity index (χ0) is 17.8. The summed E-state index contributed by atoms with van der Waals surface area (Å²) in [6.45, 7) is 6.32. The van der Waals surface area contributed by atoms with Crippen molar-refractivity contribution in [2.75, 3.05) is 10.6 Å². The fourth-order valence-electron chi connectivity index (χ4n) is 2.64. The Morgan fingerprint density at radius 3 is 2.44 bits per heavy atom. The molecular formula is C20H21FN4. The lowest BCUT2D eigenvalue weighted by Crippen LogP contribution is -2.06. The molecular weight excluding hydrogens is 315 g/mol. The van der Waals surface area contributed by atoms with E-state index in [-0.39, 0.29) is 5.82 Å². The zero-order valence-corrected chi connectivity index (χ0v) is 14.6. The van der Waals surface area contributed by atoms with E-state index in [4.69, 9.17) is 0 Å². The average Bonchev–Trinajstić information content (AvgIpc) is 2.56. The Morgan fingerprint density at radius 1 is 0.920 bits per heavy atom. The van der Waals surface area contributed by atoms with Gasteiger partial charge in [-0.15, -0.1) is 0 Å². The summed E-state index contributed by atoms with van der Waals surface area (Å²) in [7, 11) is 0. The first kappa shape index (κ1) is 16.9. The van der Waals surface area contributed by atoms with Gasteiger partial charge in [-0.25, -0.2) is 14.4 Å². The summed E-state index contributed by atoms with van der Waals surface area (Å²) in [5.41, 5.74) is 3.97. The number of halogens is 1. The predicted molar refractivity (Wildman–Crippen MR) is 99.7 cm³/mol. The van der Waals surface area contributed by atoms with E-state index >= 15 is 0 Å². The molecule has 1 heterocycles. The molecule has 0 amide bonds. The Balaban J connectivity index is 1.77. The number of hydrogen-bond acceptors (Lipinski definition) is 4. The third kappa shape index (κ3) is 4.32. The van der Waals surface area contributed by atoms with Crippen LogP contribution in [0.25, 0.3) is 0 Å². The fraction of sp³-hybridized carbons (Fsp3) is 0.200. The Morgan fingerprint density at radius 2 is 1.68 bits per heavy atom. The molecule has 3 rings (SSSR count). The van der Waals surface area contributed by atoms with Crippen molar-refractivity contribution in [1.82, 2.24) is 9.97 Å². The minimum atomic E-state index is -0.227. The summed E-state index contributed by atoms with van der Waals surface area (Å²) < 4.78 is 13.7. The lowest BCUT2D eigenvalue weighted by atomic mass is 10.1. The third-order valence-electron chi connectivity index (χ3n) is 3.90. The highest BCUT2D eigenvalue weighted by molar-refractivity contribution is 5.63. The van der Waals surface area contributed by atoms with Gasteiger partial charge < -0.3 is 10.6 Å². The summed E-state index contributed by atoms with van der Waals surface area (Å²) >= 11 is 0. The number of aryl methyl sites for hydroxylation is 3. The van der Waals surface area contributed by atoms with Crippen LogP contribution in [0.15, 0.2) is 48.5 Å². The minimum absolute atomic E-state index is 0.227. The van der Waals surface area contributed by atoms with Crippen LogP contribution in [-0.2, 0) is 6.54 Å². The van der Waals surface area contributed by atoms with Gasteiger partial charge in [0.15, 0.2) is 0 Å². The summed E-state index contributed by atoms with van der Waals surface area (Å²) in [5.74, 6) is 1.78. The van der Waals surface area contributed by atoms with Crippen LogP contribution in [-0.4, -0.2) is 9.97 Å². The van der Waals surface area contributed by atoms with Crippen molar-refractivity contribution in [2.24, 2.45) is 0 Å². The number of benzene rings is 2. The summed E-state index contributed by atoms with van der Waals surface area (Å²) in [6.07, 6.45) is 0. The summed E-state index contributed by atoms with van der Waals surface area (Å²) in [6, 6.07) is 14.7. The van der Waals surface area contributed by atoms with Crippen molar-refractivity contribution in [3.63, 3.8) is 0 Å². The molecule has 0 aliphatic carbocycles. The van der Waals surface area contributed by atoms with Gasteiger partial charge in [-0.3, -0.25) is 0 Å². The smallest absolute Gasteiger partial charge is 0.136 e. The Labute approximate surface area is 147 Å². The Bertz CT molecular complexity index is 893. The first-order chi connectivity index (χ1) is 12.0. The highest BCUT2D eigenvalue weighted by Crippen LogP contribution is 2.22. The third-order valence-corrected chi connectivity index (χ3v) is 3.90. The summed E-state index contributed by atoms with van der Waals surface area (Å²) in [5, 5.41) is 6.49. The molecule has 0 spiro atoms. The number of rotatable bonds is 5. The Kier molecular flexibility index (Phi) is 4.93. The second-order valence-electron chi connectivity index (χ2n) is 6.07. The topological polar surface area (TPSA) is 49.8 Å². The molecule has 0 unspecified atom stereocenters. The first-order valence-corrected chi connectivity index (χ1v) is 8.18. The molecule has 25 heavy (non-hydrogen) atoms. The van der Waals surface area contributed by atoms with E-state index in [0.717, 1.165) is 11.3 Å². The number of aromatic nitrogens is 2. The van der Waals surface area contributed by atoms with Crippen molar-refractivity contribution in [2.45, 2.75) is 27.3 Å². The number of anilines is 3. The van der Waals surface area contributed by atoms with Crippen LogP contribution in [0, 0.1) is 26.6 Å². The molecule has 2 N–H and O–H groups in total. The van der Waals surface area contributed by atoms with E-state index < -0.39 is 0 Å². The molecule has 3 aromatic rings. The second kappa shape index (κ2) is 7.30. The van der Waals surface area contributed by atoms with Crippen molar-refractivity contribution in [3.05, 3.63) is 76.9 Å². The maximum Gasteiger partial charge on any atom is 0.136 e. The second-order valence-corrected chi connectivity index (χ2v) is 6.07. The van der Waals surface area contributed by atoms with Crippen LogP contribution in [0.2, 0.25) is 0 Å². The Hall–Kier alpha value is -2.95. The van der Waals surface area contributed by atoms with Gasteiger partial charge in [0.05, 0.1) is 0 Å². The van der Waals surface area contributed by atoms with Gasteiger partial charge in [0, 0.05) is 23.9 Å². The molecule has 2 aromatic carbocycles. The molecule has 4 nitrogen and oxygen atoms in total. The number of nitrogens with one attached hydrogen (secondary N) is 2. The molecule has 0 saturated heterocycles. The van der Waals surface area contributed by atoms with Gasteiger partial charge in [-0.2, -0.15) is 0 Å². The molecule has 1 aromatic heterocycles. The molecule has 0 aliphatic heterocycles. The van der Waals surface area contributed by atoms with Gasteiger partial charge in [-0.05, 0) is 38.5 Å². The highest BCUT2D eigenvalue weighted by Gasteiger charge is 2.06. The van der Waals surface area contributed by atoms with E-state index in [1.807, 2.05) is 25.1 Å². The van der Waals surface area contributed by atoms with Crippen LogP contribution in [0.3, 0.4) is 0 Å². The molecule has 0 aliphatic rings. The average molecular weight is 336 g/mol. The molecule has 0 bridgehead atoms. The SMILES string of the molecule is Cc1ccc(Nc2cc(NCc3ccccc3F)nc(C)n2)c(C)c1. The van der Waals surface area contributed by atoms with E-state index in [9.17, 15) is 4.39 Å². The molecule has 0 fully saturated rings. The van der Waals surface area contributed by atoms with E-state index in [1.165, 1.54) is 11.6 Å². The van der Waals surface area contributed by atoms with Crippen molar-refractivity contribution >= 4 is 17.3 Å². The molecule has 0 radical (unpaired) electrons. The summed E-state index contributed by atoms with van der Waals surface area (Å²) in [4.78, 5) is 8.80. The maximum atomic E-state index is 13.7. The molecule has 5 heteroatoms. The van der Waals surface area contributed by atoms with Gasteiger partial charge in [-0.1, -0.05) is 35.9 Å². The maximum absolute atomic E-state index is 13.7. The lowest BCUT2D eigenvalue weighted by Gasteiger charge is -2.12. The van der Waals surface area contributed by atoms with Crippen molar-refractivity contribution in [3.8, 4) is 0 Å². The van der Waals surface area contributed by atoms with Crippen molar-refractivity contribution in [1.29, 1.82) is 0 Å². The van der Waals surface area contributed by atoms with Crippen LogP contribution >= 0.6 is 0 Å². The first-order valence-electron chi connectivity index (χ1n) is 8.18. The van der Waals surface area contributed by atoms with E-state index in [2.05, 4.69) is 46.6 Å². The van der Waals surface area contributed by atoms with Gasteiger partial charge in [0.2, 0.25) is 0 Å². The van der Waals surface area contributed by atoms with Gasteiger partial charge >= 0.3 is 0 Å². The van der Waals surface area contributed by atoms with Crippen molar-refractivity contribution < 1.29 is 4.39 Å². The normalized spacial score (nSPS) is 10.6. The van der Waals surface area contributed by atoms with Crippen LogP contribution < -0.4 is 10.6 Å². The number of nitrogens with zero attached hydrogens (tertiary/aromatic N) is 2. The number of hydrogen-bond donors (Lipinski definition) is 2. The van der Waals surface area contributed by atoms with E-state index in [0.29, 0.717) is 29.6 Å². The van der Waals surface area contributed by atoms with Gasteiger partial charge in [0.1, 0.15) is 23.3 Å². The molecule has 0 saturated carbocycles. The molecule has 128 valence electrons. The monoisotopic (exact) mass is 336 g/mol. The minimum Gasteiger partial charge on any atom is -0.366 e. The predicted octanol–water partition coefficient (Wildman–Crippen LogP) is 4.90. The fourth-order valence-corrected chi connectivity index (χ4v) is 2.64. The standard InChI is InChI=1S/C20H21FN4/c1-13-8-9-18(14(2)10-13)25-20-11-19(23-15(3)24-20)22-12-16-6-4-5-7-17(16)21/h4-11H,12H2,1-3H3,(H2,22,23,24,25). The van der Waals surface area contributed by atoms with Gasteiger partial charge in [0.25, 0.3) is 0 Å². The zero-order valence-electron chi connectivity index (χ0n) is 14.6. The van der Waals surface area contributed by atoms with Crippen LogP contribution in [0.4, 0.5) is 21.7 Å². The largest absolute Gasteiger partial charge is 0.366 e. The highest BCUT2D eigenvalue weighted by atomic mass is 19.1. The molecule has 0 atom stereocenters. The van der Waals surface area contributed by atoms with E-state index in [1.54, 1.807) is 12.1 Å². The quantitative estimate of drug-likeness (QED) is 0.696. The lowest BCUT2D eigenvalue weighted by molar-refractivity contribution is 0.613. The van der Waals surface area contributed by atoms with Crippen LogP contribution in [0.5, 0.6) is 0 Å².